The Hall–Kier alpha value is -1.30. The van der Waals surface area contributed by atoms with E-state index in [1.807, 2.05) is 0 Å². The number of halogens is 1. The van der Waals surface area contributed by atoms with E-state index in [0.29, 0.717) is 5.69 Å². The van der Waals surface area contributed by atoms with Gasteiger partial charge in [0.05, 0.1) is 6.61 Å². The van der Waals surface area contributed by atoms with Crippen LogP contribution in [-0.2, 0) is 9.53 Å². The molecule has 0 fully saturated rings. The van der Waals surface area contributed by atoms with Crippen molar-refractivity contribution in [3.63, 3.8) is 0 Å². The molecule has 0 aliphatic heterocycles. The highest BCUT2D eigenvalue weighted by molar-refractivity contribution is 6.31. The Morgan fingerprint density at radius 3 is 2.71 bits per heavy atom. The molecule has 2 atom stereocenters. The number of nitrogen functional groups attached to an aromatic ring is 1. The van der Waals surface area contributed by atoms with Crippen LogP contribution in [0.5, 0.6) is 0 Å². The SMILES string of the molecule is CCOC(=O)C(O)C(O)c1ccc(N)cc1Cl. The van der Waals surface area contributed by atoms with Crippen molar-refractivity contribution in [1.29, 1.82) is 0 Å². The van der Waals surface area contributed by atoms with Crippen LogP contribution in [0.1, 0.15) is 18.6 Å². The van der Waals surface area contributed by atoms with Gasteiger partial charge in [-0.2, -0.15) is 0 Å². The predicted molar refractivity (Wildman–Crippen MR) is 63.5 cm³/mol. The van der Waals surface area contributed by atoms with Crippen molar-refractivity contribution in [2.75, 3.05) is 12.3 Å². The Morgan fingerprint density at radius 2 is 2.18 bits per heavy atom. The number of carbonyl (C=O) groups is 1. The fourth-order valence-corrected chi connectivity index (χ4v) is 1.61. The summed E-state index contributed by atoms with van der Waals surface area (Å²) >= 11 is 5.85. The summed E-state index contributed by atoms with van der Waals surface area (Å²) in [6, 6.07) is 4.39. The topological polar surface area (TPSA) is 92.8 Å². The van der Waals surface area contributed by atoms with E-state index in [0.717, 1.165) is 0 Å². The van der Waals surface area contributed by atoms with Crippen LogP contribution >= 0.6 is 11.6 Å². The molecule has 0 saturated carbocycles. The highest BCUT2D eigenvalue weighted by atomic mass is 35.5. The van der Waals surface area contributed by atoms with E-state index >= 15 is 0 Å². The van der Waals surface area contributed by atoms with Gasteiger partial charge >= 0.3 is 5.97 Å². The Kier molecular flexibility index (Phi) is 4.74. The second kappa shape index (κ2) is 5.86. The highest BCUT2D eigenvalue weighted by Gasteiger charge is 2.28. The fourth-order valence-electron chi connectivity index (χ4n) is 1.31. The molecule has 17 heavy (non-hydrogen) atoms. The summed E-state index contributed by atoms with van der Waals surface area (Å²) in [5.41, 5.74) is 6.14. The van der Waals surface area contributed by atoms with Crippen LogP contribution in [0.3, 0.4) is 0 Å². The number of ether oxygens (including phenoxy) is 1. The minimum atomic E-state index is -1.67. The van der Waals surface area contributed by atoms with E-state index in [9.17, 15) is 15.0 Å². The number of esters is 1. The zero-order chi connectivity index (χ0) is 13.0. The lowest BCUT2D eigenvalue weighted by atomic mass is 10.0. The van der Waals surface area contributed by atoms with Gasteiger partial charge in [0.25, 0.3) is 0 Å². The monoisotopic (exact) mass is 259 g/mol. The molecular weight excluding hydrogens is 246 g/mol. The molecular formula is C11H14ClNO4. The van der Waals surface area contributed by atoms with Crippen molar-refractivity contribution >= 4 is 23.3 Å². The third-order valence-corrected chi connectivity index (χ3v) is 2.50. The maximum absolute atomic E-state index is 11.2. The average molecular weight is 260 g/mol. The number of hydrogen-bond acceptors (Lipinski definition) is 5. The molecule has 5 nitrogen and oxygen atoms in total. The van der Waals surface area contributed by atoms with Gasteiger partial charge in [-0.3, -0.25) is 0 Å². The molecule has 1 aromatic carbocycles. The Bertz CT molecular complexity index is 410. The van der Waals surface area contributed by atoms with E-state index in [1.54, 1.807) is 6.92 Å². The van der Waals surface area contributed by atoms with Gasteiger partial charge in [0.15, 0.2) is 6.10 Å². The van der Waals surface area contributed by atoms with Crippen LogP contribution in [0.25, 0.3) is 0 Å². The zero-order valence-electron chi connectivity index (χ0n) is 9.26. The van der Waals surface area contributed by atoms with Crippen LogP contribution in [0, 0.1) is 0 Å². The van der Waals surface area contributed by atoms with Crippen LogP contribution in [0.15, 0.2) is 18.2 Å². The molecule has 0 heterocycles. The van der Waals surface area contributed by atoms with Gasteiger partial charge in [-0.05, 0) is 19.1 Å². The Labute approximate surface area is 104 Å². The molecule has 0 radical (unpaired) electrons. The lowest BCUT2D eigenvalue weighted by Gasteiger charge is -2.17. The van der Waals surface area contributed by atoms with Crippen molar-refractivity contribution < 1.29 is 19.7 Å². The number of hydrogen-bond donors (Lipinski definition) is 3. The van der Waals surface area contributed by atoms with Gasteiger partial charge in [-0.1, -0.05) is 17.7 Å². The zero-order valence-corrected chi connectivity index (χ0v) is 10.0. The van der Waals surface area contributed by atoms with Crippen molar-refractivity contribution in [2.24, 2.45) is 0 Å². The Morgan fingerprint density at radius 1 is 1.53 bits per heavy atom. The summed E-state index contributed by atoms with van der Waals surface area (Å²) in [7, 11) is 0. The number of aliphatic hydroxyl groups excluding tert-OH is 2. The maximum Gasteiger partial charge on any atom is 0.338 e. The fraction of sp³-hybridized carbons (Fsp3) is 0.364. The lowest BCUT2D eigenvalue weighted by molar-refractivity contribution is -0.159. The minimum absolute atomic E-state index is 0.123. The van der Waals surface area contributed by atoms with Gasteiger partial charge in [-0.25, -0.2) is 4.79 Å². The minimum Gasteiger partial charge on any atom is -0.464 e. The number of benzene rings is 1. The largest absolute Gasteiger partial charge is 0.464 e. The molecule has 0 spiro atoms. The summed E-state index contributed by atoms with van der Waals surface area (Å²) in [4.78, 5) is 11.2. The second-order valence-electron chi connectivity index (χ2n) is 3.42. The van der Waals surface area contributed by atoms with E-state index in [2.05, 4.69) is 4.74 Å². The first kappa shape index (κ1) is 13.8. The second-order valence-corrected chi connectivity index (χ2v) is 3.83. The third-order valence-electron chi connectivity index (χ3n) is 2.17. The van der Waals surface area contributed by atoms with Crippen molar-refractivity contribution in [1.82, 2.24) is 0 Å². The van der Waals surface area contributed by atoms with Crippen LogP contribution in [0.4, 0.5) is 5.69 Å². The van der Waals surface area contributed by atoms with E-state index in [1.165, 1.54) is 18.2 Å². The van der Waals surface area contributed by atoms with Gasteiger partial charge in [-0.15, -0.1) is 0 Å². The number of aliphatic hydroxyl groups is 2. The van der Waals surface area contributed by atoms with Crippen molar-refractivity contribution in [3.8, 4) is 0 Å². The van der Waals surface area contributed by atoms with E-state index in [-0.39, 0.29) is 17.2 Å². The first-order valence-electron chi connectivity index (χ1n) is 5.05. The average Bonchev–Trinajstić information content (AvgIpc) is 2.27. The van der Waals surface area contributed by atoms with Crippen LogP contribution in [-0.4, -0.2) is 28.9 Å². The molecule has 1 rings (SSSR count). The molecule has 0 aliphatic rings. The van der Waals surface area contributed by atoms with E-state index < -0.39 is 18.2 Å². The normalized spacial score (nSPS) is 14.1. The number of carbonyl (C=O) groups excluding carboxylic acids is 1. The number of rotatable bonds is 4. The quantitative estimate of drug-likeness (QED) is 0.551. The number of anilines is 1. The van der Waals surface area contributed by atoms with Crippen LogP contribution in [0.2, 0.25) is 5.02 Å². The summed E-state index contributed by atoms with van der Waals surface area (Å²) < 4.78 is 4.59. The lowest BCUT2D eigenvalue weighted by Crippen LogP contribution is -2.30. The van der Waals surface area contributed by atoms with E-state index in [4.69, 9.17) is 17.3 Å². The van der Waals surface area contributed by atoms with Gasteiger partial charge in [0.2, 0.25) is 0 Å². The molecule has 0 aromatic heterocycles. The van der Waals surface area contributed by atoms with Gasteiger partial charge in [0.1, 0.15) is 6.10 Å². The summed E-state index contributed by atoms with van der Waals surface area (Å²) in [5.74, 6) is -0.895. The molecule has 0 saturated heterocycles. The van der Waals surface area contributed by atoms with Crippen molar-refractivity contribution in [2.45, 2.75) is 19.1 Å². The van der Waals surface area contributed by atoms with Gasteiger partial charge in [0, 0.05) is 16.3 Å². The summed E-state index contributed by atoms with van der Waals surface area (Å²) in [6.45, 7) is 1.73. The first-order chi connectivity index (χ1) is 7.97. The summed E-state index contributed by atoms with van der Waals surface area (Å²) in [5, 5.41) is 19.5. The third kappa shape index (κ3) is 3.33. The molecule has 4 N–H and O–H groups in total. The Balaban J connectivity index is 2.88. The highest BCUT2D eigenvalue weighted by Crippen LogP contribution is 2.27. The molecule has 0 bridgehead atoms. The molecule has 0 aliphatic carbocycles. The molecule has 0 amide bonds. The van der Waals surface area contributed by atoms with Gasteiger partial charge < -0.3 is 20.7 Å². The number of nitrogens with two attached hydrogens (primary N) is 1. The predicted octanol–water partition coefficient (Wildman–Crippen LogP) is 0.880. The smallest absolute Gasteiger partial charge is 0.338 e. The summed E-state index contributed by atoms with van der Waals surface area (Å²) in [6.07, 6.45) is -3.11. The maximum atomic E-state index is 11.2. The molecule has 94 valence electrons. The standard InChI is InChI=1S/C11H14ClNO4/c1-2-17-11(16)10(15)9(14)7-4-3-6(13)5-8(7)12/h3-5,9-10,14-15H,2,13H2,1H3. The molecule has 2 unspecified atom stereocenters. The molecule has 1 aromatic rings. The molecule has 6 heteroatoms. The first-order valence-corrected chi connectivity index (χ1v) is 5.42. The van der Waals surface area contributed by atoms with Crippen LogP contribution < -0.4 is 5.73 Å². The van der Waals surface area contributed by atoms with Crippen molar-refractivity contribution in [3.05, 3.63) is 28.8 Å².